The van der Waals surface area contributed by atoms with Crippen molar-refractivity contribution in [3.05, 3.63) is 44.8 Å². The van der Waals surface area contributed by atoms with Crippen molar-refractivity contribution in [2.45, 2.75) is 51.4 Å². The zero-order valence-electron chi connectivity index (χ0n) is 14.2. The maximum atomic E-state index is 12.7. The van der Waals surface area contributed by atoms with Crippen molar-refractivity contribution in [1.82, 2.24) is 0 Å². The Morgan fingerprint density at radius 3 is 1.78 bits per heavy atom. The normalized spacial score (nSPS) is 15.1. The number of hydrogen-bond acceptors (Lipinski definition) is 4. The number of esters is 1. The Kier molecular flexibility index (Phi) is 7.31. The third kappa shape index (κ3) is 4.45. The Hall–Kier alpha value is -1.13. The van der Waals surface area contributed by atoms with Crippen LogP contribution < -0.4 is 0 Å². The number of rotatable bonds is 9. The van der Waals surface area contributed by atoms with Gasteiger partial charge in [-0.05, 0) is 69.5 Å². The van der Waals surface area contributed by atoms with Gasteiger partial charge in [-0.2, -0.15) is 22.7 Å². The van der Waals surface area contributed by atoms with Crippen LogP contribution in [0.3, 0.4) is 0 Å². The second-order valence-corrected chi connectivity index (χ2v) is 7.51. The minimum Gasteiger partial charge on any atom is -0.469 e. The molecule has 0 aliphatic heterocycles. The summed E-state index contributed by atoms with van der Waals surface area (Å²) in [5, 5.41) is 8.58. The number of methoxy groups -OCH3 is 1. The van der Waals surface area contributed by atoms with Crippen molar-refractivity contribution in [2.24, 2.45) is 5.92 Å². The van der Waals surface area contributed by atoms with Gasteiger partial charge in [0.15, 0.2) is 0 Å². The van der Waals surface area contributed by atoms with Crippen molar-refractivity contribution in [3.8, 4) is 0 Å². The fourth-order valence-electron chi connectivity index (χ4n) is 3.45. The highest BCUT2D eigenvalue weighted by atomic mass is 32.1. The van der Waals surface area contributed by atoms with Gasteiger partial charge in [-0.15, -0.1) is 0 Å². The maximum Gasteiger partial charge on any atom is 0.309 e. The van der Waals surface area contributed by atoms with E-state index in [1.54, 1.807) is 22.7 Å². The molecule has 23 heavy (non-hydrogen) atoms. The summed E-state index contributed by atoms with van der Waals surface area (Å²) < 4.78 is 5.23. The molecule has 2 aromatic rings. The van der Waals surface area contributed by atoms with Crippen molar-refractivity contribution in [3.63, 3.8) is 0 Å². The standard InChI is InChI=1S/C19H26O2S2/c1-4-6-16(14-8-10-22-12-14)18(19(20)21-3)17(7-5-2)15-9-11-23-13-15/h8-13,16-18H,4-7H2,1-3H3. The molecule has 0 bridgehead atoms. The van der Waals surface area contributed by atoms with Gasteiger partial charge < -0.3 is 4.74 Å². The molecular weight excluding hydrogens is 324 g/mol. The van der Waals surface area contributed by atoms with Gasteiger partial charge in [0, 0.05) is 0 Å². The van der Waals surface area contributed by atoms with E-state index in [4.69, 9.17) is 4.74 Å². The smallest absolute Gasteiger partial charge is 0.309 e. The molecule has 126 valence electrons. The topological polar surface area (TPSA) is 26.3 Å². The number of thiophene rings is 2. The van der Waals surface area contributed by atoms with Crippen LogP contribution in [0.2, 0.25) is 0 Å². The summed E-state index contributed by atoms with van der Waals surface area (Å²) in [4.78, 5) is 12.7. The second kappa shape index (κ2) is 9.24. The second-order valence-electron chi connectivity index (χ2n) is 5.95. The van der Waals surface area contributed by atoms with E-state index in [9.17, 15) is 4.79 Å². The first-order chi connectivity index (χ1) is 11.2. The molecule has 2 nitrogen and oxygen atoms in total. The predicted molar refractivity (Wildman–Crippen MR) is 99.4 cm³/mol. The maximum absolute atomic E-state index is 12.7. The summed E-state index contributed by atoms with van der Waals surface area (Å²) in [7, 11) is 1.52. The number of carbonyl (C=O) groups excluding carboxylic acids is 1. The SMILES string of the molecule is CCCC(c1ccsc1)C(C(=O)OC)C(CCC)c1ccsc1. The Morgan fingerprint density at radius 2 is 1.48 bits per heavy atom. The lowest BCUT2D eigenvalue weighted by molar-refractivity contribution is -0.147. The highest BCUT2D eigenvalue weighted by Crippen LogP contribution is 2.43. The Bertz CT molecular complexity index is 516. The Morgan fingerprint density at radius 1 is 1.00 bits per heavy atom. The van der Waals surface area contributed by atoms with Crippen LogP contribution >= 0.6 is 22.7 Å². The summed E-state index contributed by atoms with van der Waals surface area (Å²) >= 11 is 3.41. The summed E-state index contributed by atoms with van der Waals surface area (Å²) in [6.45, 7) is 4.38. The molecule has 4 heteroatoms. The van der Waals surface area contributed by atoms with Gasteiger partial charge in [-0.3, -0.25) is 4.79 Å². The molecule has 0 fully saturated rings. The molecule has 0 radical (unpaired) electrons. The van der Waals surface area contributed by atoms with Crippen LogP contribution in [0.1, 0.15) is 62.5 Å². The molecule has 2 unspecified atom stereocenters. The van der Waals surface area contributed by atoms with Gasteiger partial charge in [0.25, 0.3) is 0 Å². The van der Waals surface area contributed by atoms with E-state index in [0.29, 0.717) is 0 Å². The highest BCUT2D eigenvalue weighted by Gasteiger charge is 2.37. The molecule has 2 heterocycles. The third-order valence-corrected chi connectivity index (χ3v) is 5.89. The zero-order valence-corrected chi connectivity index (χ0v) is 15.8. The molecule has 0 amide bonds. The van der Waals surface area contributed by atoms with Crippen LogP contribution in [0.15, 0.2) is 33.7 Å². The van der Waals surface area contributed by atoms with Crippen molar-refractivity contribution >= 4 is 28.6 Å². The van der Waals surface area contributed by atoms with Gasteiger partial charge in [0.05, 0.1) is 13.0 Å². The minimum absolute atomic E-state index is 0.0701. The number of hydrogen-bond donors (Lipinski definition) is 0. The van der Waals surface area contributed by atoms with E-state index in [0.717, 1.165) is 25.7 Å². The molecule has 0 N–H and O–H groups in total. The van der Waals surface area contributed by atoms with Crippen LogP contribution in [0.4, 0.5) is 0 Å². The van der Waals surface area contributed by atoms with Crippen molar-refractivity contribution in [1.29, 1.82) is 0 Å². The lowest BCUT2D eigenvalue weighted by Crippen LogP contribution is -2.29. The summed E-state index contributed by atoms with van der Waals surface area (Å²) in [5.74, 6) is 0.286. The molecule has 0 aliphatic carbocycles. The first kappa shape index (κ1) is 18.2. The molecule has 2 rings (SSSR count). The molecule has 0 saturated heterocycles. The van der Waals surface area contributed by atoms with E-state index in [2.05, 4.69) is 47.5 Å². The average Bonchev–Trinajstić information content (AvgIpc) is 3.26. The average molecular weight is 351 g/mol. The Labute approximate surface area is 147 Å². The molecule has 0 aromatic carbocycles. The van der Waals surface area contributed by atoms with Crippen LogP contribution in [0, 0.1) is 5.92 Å². The summed E-state index contributed by atoms with van der Waals surface area (Å²) in [6, 6.07) is 4.33. The highest BCUT2D eigenvalue weighted by molar-refractivity contribution is 7.08. The van der Waals surface area contributed by atoms with Crippen LogP contribution in [0.5, 0.6) is 0 Å². The lowest BCUT2D eigenvalue weighted by atomic mass is 9.72. The van der Waals surface area contributed by atoms with E-state index in [1.165, 1.54) is 18.2 Å². The van der Waals surface area contributed by atoms with Gasteiger partial charge in [-0.25, -0.2) is 0 Å². The quantitative estimate of drug-likeness (QED) is 0.513. The number of carbonyl (C=O) groups is 1. The molecule has 2 atom stereocenters. The number of ether oxygens (including phenoxy) is 1. The molecule has 0 spiro atoms. The molecular formula is C19H26O2S2. The molecule has 0 saturated carbocycles. The first-order valence-electron chi connectivity index (χ1n) is 8.34. The van der Waals surface area contributed by atoms with Crippen LogP contribution in [0.25, 0.3) is 0 Å². The van der Waals surface area contributed by atoms with Gasteiger partial charge >= 0.3 is 5.97 Å². The van der Waals surface area contributed by atoms with Gasteiger partial charge in [0.2, 0.25) is 0 Å². The summed E-state index contributed by atoms with van der Waals surface area (Å²) in [5.41, 5.74) is 2.56. The van der Waals surface area contributed by atoms with Gasteiger partial charge in [0.1, 0.15) is 0 Å². The first-order valence-corrected chi connectivity index (χ1v) is 10.2. The van der Waals surface area contributed by atoms with Crippen LogP contribution in [-0.4, -0.2) is 13.1 Å². The van der Waals surface area contributed by atoms with E-state index in [1.807, 2.05) is 0 Å². The third-order valence-electron chi connectivity index (χ3n) is 4.48. The van der Waals surface area contributed by atoms with E-state index >= 15 is 0 Å². The van der Waals surface area contributed by atoms with Crippen molar-refractivity contribution in [2.75, 3.05) is 7.11 Å². The fraction of sp³-hybridized carbons (Fsp3) is 0.526. The van der Waals surface area contributed by atoms with Crippen molar-refractivity contribution < 1.29 is 9.53 Å². The molecule has 2 aromatic heterocycles. The fourth-order valence-corrected chi connectivity index (χ4v) is 4.90. The van der Waals surface area contributed by atoms with E-state index < -0.39 is 0 Å². The lowest BCUT2D eigenvalue weighted by Gasteiger charge is -2.31. The largest absolute Gasteiger partial charge is 0.469 e. The summed E-state index contributed by atoms with van der Waals surface area (Å²) in [6.07, 6.45) is 4.16. The van der Waals surface area contributed by atoms with Gasteiger partial charge in [-0.1, -0.05) is 26.7 Å². The minimum atomic E-state index is -0.107. The Balaban J connectivity index is 2.42. The van der Waals surface area contributed by atoms with Crippen LogP contribution in [-0.2, 0) is 9.53 Å². The van der Waals surface area contributed by atoms with E-state index in [-0.39, 0.29) is 23.7 Å². The zero-order chi connectivity index (χ0) is 16.7. The molecule has 0 aliphatic rings. The predicted octanol–water partition coefficient (Wildman–Crippen LogP) is 6.07. The monoisotopic (exact) mass is 350 g/mol.